The van der Waals surface area contributed by atoms with Crippen molar-refractivity contribution in [1.82, 2.24) is 4.90 Å². The SMILES string of the molecule is COc1cc(OC)c([C@@H]2C[C@@](C)(N3CCCC3)Oc3cc4c(cc32)OCO4)c(OC)c1. The fourth-order valence-electron chi connectivity index (χ4n) is 5.08. The smallest absolute Gasteiger partial charge is 0.231 e. The van der Waals surface area contributed by atoms with Crippen LogP contribution in [0.4, 0.5) is 0 Å². The van der Waals surface area contributed by atoms with Crippen molar-refractivity contribution in [3.63, 3.8) is 0 Å². The highest BCUT2D eigenvalue weighted by Gasteiger charge is 2.45. The summed E-state index contributed by atoms with van der Waals surface area (Å²) in [4.78, 5) is 2.44. The molecule has 166 valence electrons. The molecule has 0 N–H and O–H groups in total. The molecule has 0 aliphatic carbocycles. The lowest BCUT2D eigenvalue weighted by Crippen LogP contribution is -2.52. The number of methoxy groups -OCH3 is 3. The second-order valence-electron chi connectivity index (χ2n) is 8.42. The number of ether oxygens (including phenoxy) is 6. The van der Waals surface area contributed by atoms with Gasteiger partial charge in [0.25, 0.3) is 0 Å². The van der Waals surface area contributed by atoms with E-state index >= 15 is 0 Å². The lowest BCUT2D eigenvalue weighted by atomic mass is 9.80. The van der Waals surface area contributed by atoms with Gasteiger partial charge in [-0.1, -0.05) is 0 Å². The number of nitrogens with zero attached hydrogens (tertiary/aromatic N) is 1. The second kappa shape index (κ2) is 7.71. The van der Waals surface area contributed by atoms with Crippen molar-refractivity contribution in [2.45, 2.75) is 37.8 Å². The molecule has 0 aromatic heterocycles. The van der Waals surface area contributed by atoms with Gasteiger partial charge in [-0.05, 0) is 25.8 Å². The van der Waals surface area contributed by atoms with E-state index in [1.165, 1.54) is 12.8 Å². The van der Waals surface area contributed by atoms with Gasteiger partial charge < -0.3 is 28.4 Å². The molecule has 5 rings (SSSR count). The molecule has 7 heteroatoms. The molecule has 0 saturated carbocycles. The maximum atomic E-state index is 6.66. The summed E-state index contributed by atoms with van der Waals surface area (Å²) in [5.74, 6) is 4.42. The van der Waals surface area contributed by atoms with E-state index < -0.39 is 5.72 Å². The summed E-state index contributed by atoms with van der Waals surface area (Å²) in [6, 6.07) is 7.82. The maximum absolute atomic E-state index is 6.66. The van der Waals surface area contributed by atoms with E-state index in [1.54, 1.807) is 21.3 Å². The predicted octanol–water partition coefficient (Wildman–Crippen LogP) is 4.17. The summed E-state index contributed by atoms with van der Waals surface area (Å²) in [6.07, 6.45) is 3.14. The Morgan fingerprint density at radius 2 is 1.52 bits per heavy atom. The van der Waals surface area contributed by atoms with Gasteiger partial charge in [-0.15, -0.1) is 0 Å². The zero-order chi connectivity index (χ0) is 21.6. The summed E-state index contributed by atoms with van der Waals surface area (Å²) < 4.78 is 35.1. The minimum absolute atomic E-state index is 0.0142. The van der Waals surface area contributed by atoms with Crippen molar-refractivity contribution in [3.8, 4) is 34.5 Å². The van der Waals surface area contributed by atoms with Crippen molar-refractivity contribution in [2.75, 3.05) is 41.2 Å². The summed E-state index contributed by atoms with van der Waals surface area (Å²) in [6.45, 7) is 4.46. The Morgan fingerprint density at radius 1 is 0.871 bits per heavy atom. The molecule has 3 heterocycles. The largest absolute Gasteiger partial charge is 0.496 e. The predicted molar refractivity (Wildman–Crippen MR) is 115 cm³/mol. The molecular formula is C24H29NO6. The Kier molecular flexibility index (Phi) is 5.01. The van der Waals surface area contributed by atoms with E-state index in [4.69, 9.17) is 28.4 Å². The topological polar surface area (TPSA) is 58.6 Å². The van der Waals surface area contributed by atoms with Crippen LogP contribution in [0.25, 0.3) is 0 Å². The molecule has 7 nitrogen and oxygen atoms in total. The van der Waals surface area contributed by atoms with Crippen LogP contribution in [-0.4, -0.2) is 51.8 Å². The normalized spacial score (nSPS) is 24.5. The summed E-state index contributed by atoms with van der Waals surface area (Å²) >= 11 is 0. The van der Waals surface area contributed by atoms with Crippen molar-refractivity contribution in [3.05, 3.63) is 35.4 Å². The lowest BCUT2D eigenvalue weighted by Gasteiger charge is -2.45. The first-order valence-corrected chi connectivity index (χ1v) is 10.7. The summed E-state index contributed by atoms with van der Waals surface area (Å²) in [7, 11) is 5.00. The molecule has 0 spiro atoms. The highest BCUT2D eigenvalue weighted by molar-refractivity contribution is 5.61. The molecule has 2 atom stereocenters. The Balaban J connectivity index is 1.69. The van der Waals surface area contributed by atoms with Gasteiger partial charge in [-0.25, -0.2) is 0 Å². The third kappa shape index (κ3) is 3.31. The van der Waals surface area contributed by atoms with E-state index in [9.17, 15) is 0 Å². The Hall–Kier alpha value is -2.80. The average molecular weight is 427 g/mol. The van der Waals surface area contributed by atoms with Crippen LogP contribution in [-0.2, 0) is 0 Å². The first-order valence-electron chi connectivity index (χ1n) is 10.7. The first kappa shape index (κ1) is 20.1. The number of hydrogen-bond acceptors (Lipinski definition) is 7. The molecule has 1 saturated heterocycles. The zero-order valence-electron chi connectivity index (χ0n) is 18.5. The Morgan fingerprint density at radius 3 is 2.13 bits per heavy atom. The number of hydrogen-bond donors (Lipinski definition) is 0. The van der Waals surface area contributed by atoms with Gasteiger partial charge in [0.2, 0.25) is 6.79 Å². The molecule has 3 aliphatic heterocycles. The summed E-state index contributed by atoms with van der Waals surface area (Å²) in [5, 5.41) is 0. The molecule has 0 radical (unpaired) electrons. The van der Waals surface area contributed by atoms with Gasteiger partial charge >= 0.3 is 0 Å². The van der Waals surface area contributed by atoms with Crippen LogP contribution in [0.3, 0.4) is 0 Å². The van der Waals surface area contributed by atoms with Gasteiger partial charge in [-0.3, -0.25) is 4.90 Å². The van der Waals surface area contributed by atoms with Crippen molar-refractivity contribution in [1.29, 1.82) is 0 Å². The quantitative estimate of drug-likeness (QED) is 0.710. The van der Waals surface area contributed by atoms with E-state index in [0.717, 1.165) is 59.4 Å². The molecule has 31 heavy (non-hydrogen) atoms. The van der Waals surface area contributed by atoms with Crippen LogP contribution >= 0.6 is 0 Å². The van der Waals surface area contributed by atoms with E-state index in [1.807, 2.05) is 24.3 Å². The highest BCUT2D eigenvalue weighted by atomic mass is 16.7. The molecule has 2 aromatic rings. The molecule has 1 fully saturated rings. The Labute approximate surface area is 182 Å². The van der Waals surface area contributed by atoms with Crippen LogP contribution in [0, 0.1) is 0 Å². The van der Waals surface area contributed by atoms with Crippen LogP contribution in [0.2, 0.25) is 0 Å². The fraction of sp³-hybridized carbons (Fsp3) is 0.500. The van der Waals surface area contributed by atoms with E-state index in [2.05, 4.69) is 11.8 Å². The van der Waals surface area contributed by atoms with E-state index in [-0.39, 0.29) is 12.7 Å². The molecule has 0 amide bonds. The van der Waals surface area contributed by atoms with Gasteiger partial charge in [0.1, 0.15) is 23.0 Å². The van der Waals surface area contributed by atoms with Gasteiger partial charge in [0, 0.05) is 54.8 Å². The molecular weight excluding hydrogens is 398 g/mol. The minimum Gasteiger partial charge on any atom is -0.496 e. The number of rotatable bonds is 5. The maximum Gasteiger partial charge on any atom is 0.231 e. The standard InChI is InChI=1S/C24H29NO6/c1-24(25-7-5-6-8-25)13-17(16-11-19-20(30-14-29-19)12-18(16)31-24)23-21(27-3)9-15(26-2)10-22(23)28-4/h9-12,17H,5-8,13-14H2,1-4H3/t17-,24+/m1/s1. The average Bonchev–Trinajstić information content (AvgIpc) is 3.48. The first-order chi connectivity index (χ1) is 15.1. The molecule has 0 bridgehead atoms. The lowest BCUT2D eigenvalue weighted by molar-refractivity contribution is -0.0769. The van der Waals surface area contributed by atoms with Crippen LogP contribution < -0.4 is 28.4 Å². The monoisotopic (exact) mass is 427 g/mol. The number of likely N-dealkylation sites (tertiary alicyclic amines) is 1. The molecule has 0 unspecified atom stereocenters. The van der Waals surface area contributed by atoms with Gasteiger partial charge in [0.15, 0.2) is 17.2 Å². The Bertz CT molecular complexity index is 961. The second-order valence-corrected chi connectivity index (χ2v) is 8.42. The van der Waals surface area contributed by atoms with Gasteiger partial charge in [0.05, 0.1) is 21.3 Å². The highest BCUT2D eigenvalue weighted by Crippen LogP contribution is 2.54. The van der Waals surface area contributed by atoms with Crippen molar-refractivity contribution in [2.24, 2.45) is 0 Å². The van der Waals surface area contributed by atoms with Crippen molar-refractivity contribution >= 4 is 0 Å². The summed E-state index contributed by atoms with van der Waals surface area (Å²) in [5.41, 5.74) is 1.58. The van der Waals surface area contributed by atoms with Crippen LogP contribution in [0.15, 0.2) is 24.3 Å². The zero-order valence-corrected chi connectivity index (χ0v) is 18.5. The van der Waals surface area contributed by atoms with Crippen LogP contribution in [0.5, 0.6) is 34.5 Å². The molecule has 3 aliphatic rings. The number of fused-ring (bicyclic) bond motifs is 2. The fourth-order valence-corrected chi connectivity index (χ4v) is 5.08. The molecule has 2 aromatic carbocycles. The van der Waals surface area contributed by atoms with E-state index in [0.29, 0.717) is 5.75 Å². The van der Waals surface area contributed by atoms with Crippen molar-refractivity contribution < 1.29 is 28.4 Å². The third-order valence-electron chi connectivity index (χ3n) is 6.67. The van der Waals surface area contributed by atoms with Crippen LogP contribution in [0.1, 0.15) is 43.2 Å². The minimum atomic E-state index is -0.447. The number of benzene rings is 2. The van der Waals surface area contributed by atoms with Gasteiger partial charge in [-0.2, -0.15) is 0 Å². The third-order valence-corrected chi connectivity index (χ3v) is 6.67.